The second-order valence-electron chi connectivity index (χ2n) is 9.33. The minimum Gasteiger partial charge on any atom is -0.370 e. The molecule has 1 aliphatic carbocycles. The van der Waals surface area contributed by atoms with Gasteiger partial charge in [-0.1, -0.05) is 0 Å². The molecule has 1 saturated heterocycles. The molecule has 4 aromatic rings. The smallest absolute Gasteiger partial charge is 0.182 e. The molecule has 2 fully saturated rings. The third kappa shape index (κ3) is 3.94. The van der Waals surface area contributed by atoms with Gasteiger partial charge in [0, 0.05) is 35.5 Å². The normalized spacial score (nSPS) is 22.9. The highest BCUT2D eigenvalue weighted by atomic mass is 19.1. The lowest BCUT2D eigenvalue weighted by Gasteiger charge is -2.33. The predicted molar refractivity (Wildman–Crippen MR) is 121 cm³/mol. The summed E-state index contributed by atoms with van der Waals surface area (Å²) in [6, 6.07) is 3.97. The van der Waals surface area contributed by atoms with Crippen LogP contribution in [-0.2, 0) is 4.74 Å². The third-order valence-corrected chi connectivity index (χ3v) is 6.52. The number of rotatable bonds is 4. The van der Waals surface area contributed by atoms with Gasteiger partial charge in [-0.2, -0.15) is 5.10 Å². The van der Waals surface area contributed by atoms with Crippen LogP contribution in [0.5, 0.6) is 0 Å². The molecule has 7 nitrogen and oxygen atoms in total. The van der Waals surface area contributed by atoms with Gasteiger partial charge >= 0.3 is 0 Å². The van der Waals surface area contributed by atoms with Crippen molar-refractivity contribution in [3.05, 3.63) is 65.5 Å². The predicted octanol–water partition coefficient (Wildman–Crippen LogP) is 5.23. The maximum atomic E-state index is 14.8. The number of hydrogen-bond acceptors (Lipinski definition) is 6. The highest BCUT2D eigenvalue weighted by molar-refractivity contribution is 5.86. The van der Waals surface area contributed by atoms with Crippen molar-refractivity contribution >= 4 is 11.2 Å². The quantitative estimate of drug-likeness (QED) is 0.413. The first-order valence-corrected chi connectivity index (χ1v) is 11.6. The summed E-state index contributed by atoms with van der Waals surface area (Å²) < 4.78 is 36.6. The molecule has 0 N–H and O–H groups in total. The summed E-state index contributed by atoms with van der Waals surface area (Å²) in [5.41, 5.74) is 3.04. The fourth-order valence-corrected chi connectivity index (χ4v) is 4.69. The van der Waals surface area contributed by atoms with E-state index in [1.54, 1.807) is 6.20 Å². The number of nitrogens with zero attached hydrogens (tertiary/aromatic N) is 6. The number of aromatic nitrogens is 6. The molecular formula is C25H24F2N6O. The maximum Gasteiger partial charge on any atom is 0.182 e. The van der Waals surface area contributed by atoms with E-state index in [2.05, 4.69) is 21.3 Å². The van der Waals surface area contributed by atoms with Crippen LogP contribution in [-0.4, -0.2) is 35.8 Å². The highest BCUT2D eigenvalue weighted by Gasteiger charge is 2.33. The summed E-state index contributed by atoms with van der Waals surface area (Å²) in [6.45, 7) is 3.87. The zero-order chi connectivity index (χ0) is 23.4. The summed E-state index contributed by atoms with van der Waals surface area (Å²) in [6.07, 6.45) is 9.15. The summed E-state index contributed by atoms with van der Waals surface area (Å²) >= 11 is 0. The second-order valence-corrected chi connectivity index (χ2v) is 9.33. The molecule has 4 heterocycles. The molecule has 0 spiro atoms. The lowest BCUT2D eigenvalue weighted by molar-refractivity contribution is -0.0511. The monoisotopic (exact) mass is 462 g/mol. The summed E-state index contributed by atoms with van der Waals surface area (Å²) in [5.74, 6) is -0.790. The molecule has 0 amide bonds. The summed E-state index contributed by atoms with van der Waals surface area (Å²) in [4.78, 5) is 18.5. The van der Waals surface area contributed by atoms with Crippen LogP contribution in [0.4, 0.5) is 8.78 Å². The van der Waals surface area contributed by atoms with E-state index in [0.717, 1.165) is 18.1 Å². The van der Waals surface area contributed by atoms with Gasteiger partial charge in [0.25, 0.3) is 0 Å². The SMILES string of the molecule is Cc1cnc2c(-c3ccc(F)cc3F)nc([C@H]3C[C@@H](C)O[C@@H](c4cnn(C5CC5)c4)C3)nc2n1. The number of ether oxygens (including phenoxy) is 1. The van der Waals surface area contributed by atoms with E-state index in [1.807, 2.05) is 24.7 Å². The Kier molecular flexibility index (Phi) is 5.09. The molecule has 1 aliphatic heterocycles. The van der Waals surface area contributed by atoms with Crippen molar-refractivity contribution in [2.75, 3.05) is 0 Å². The van der Waals surface area contributed by atoms with Gasteiger partial charge in [0.15, 0.2) is 5.65 Å². The van der Waals surface area contributed by atoms with Gasteiger partial charge in [0.05, 0.1) is 30.1 Å². The first-order chi connectivity index (χ1) is 16.4. The average Bonchev–Trinajstić information content (AvgIpc) is 3.54. The molecule has 6 rings (SSSR count). The van der Waals surface area contributed by atoms with E-state index < -0.39 is 11.6 Å². The van der Waals surface area contributed by atoms with Crippen molar-refractivity contribution in [2.24, 2.45) is 0 Å². The Hall–Kier alpha value is -3.33. The Bertz CT molecular complexity index is 1390. The van der Waals surface area contributed by atoms with Gasteiger partial charge in [-0.05, 0) is 51.7 Å². The second kappa shape index (κ2) is 8.16. The largest absolute Gasteiger partial charge is 0.370 e. The van der Waals surface area contributed by atoms with Crippen LogP contribution in [0.15, 0.2) is 36.8 Å². The minimum absolute atomic E-state index is 0.0121. The highest BCUT2D eigenvalue weighted by Crippen LogP contribution is 2.41. The Morgan fingerprint density at radius 1 is 1.06 bits per heavy atom. The molecular weight excluding hydrogens is 438 g/mol. The fraction of sp³-hybridized carbons (Fsp3) is 0.400. The lowest BCUT2D eigenvalue weighted by Crippen LogP contribution is -2.26. The zero-order valence-electron chi connectivity index (χ0n) is 18.9. The standard InChI is InChI=1S/C25H24F2N6O/c1-13-10-28-23-22(19-6-3-17(26)9-20(19)27)31-24(32-25(23)30-13)15-7-14(2)34-21(8-15)16-11-29-33(12-16)18-4-5-18/h3,6,9-12,14-15,18,21H,4-5,7-8H2,1-2H3/t14-,15+,21-/m1/s1. The van der Waals surface area contributed by atoms with Crippen LogP contribution in [0.2, 0.25) is 0 Å². The maximum absolute atomic E-state index is 14.8. The average molecular weight is 463 g/mol. The van der Waals surface area contributed by atoms with Gasteiger partial charge in [-0.25, -0.2) is 28.7 Å². The van der Waals surface area contributed by atoms with Gasteiger partial charge in [-0.3, -0.25) is 4.68 Å². The zero-order valence-corrected chi connectivity index (χ0v) is 18.9. The number of hydrogen-bond donors (Lipinski definition) is 0. The minimum atomic E-state index is -0.695. The van der Waals surface area contributed by atoms with Crippen molar-refractivity contribution in [3.8, 4) is 11.3 Å². The first kappa shape index (κ1) is 21.2. The van der Waals surface area contributed by atoms with Crippen molar-refractivity contribution in [1.82, 2.24) is 29.7 Å². The Labute approximate surface area is 195 Å². The van der Waals surface area contributed by atoms with Crippen LogP contribution in [0.3, 0.4) is 0 Å². The van der Waals surface area contributed by atoms with Crippen LogP contribution in [0, 0.1) is 18.6 Å². The van der Waals surface area contributed by atoms with Gasteiger partial charge in [-0.15, -0.1) is 0 Å². The van der Waals surface area contributed by atoms with E-state index in [0.29, 0.717) is 40.8 Å². The van der Waals surface area contributed by atoms with Crippen molar-refractivity contribution in [3.63, 3.8) is 0 Å². The Morgan fingerprint density at radius 2 is 1.91 bits per heavy atom. The van der Waals surface area contributed by atoms with E-state index in [1.165, 1.54) is 25.0 Å². The van der Waals surface area contributed by atoms with E-state index in [9.17, 15) is 8.78 Å². The van der Waals surface area contributed by atoms with Gasteiger partial charge in [0.2, 0.25) is 0 Å². The summed E-state index contributed by atoms with van der Waals surface area (Å²) in [5, 5.41) is 4.51. The van der Waals surface area contributed by atoms with Gasteiger partial charge < -0.3 is 4.74 Å². The van der Waals surface area contributed by atoms with E-state index in [-0.39, 0.29) is 23.7 Å². The molecule has 34 heavy (non-hydrogen) atoms. The molecule has 0 radical (unpaired) electrons. The van der Waals surface area contributed by atoms with Crippen LogP contribution >= 0.6 is 0 Å². The number of aryl methyl sites for hydroxylation is 1. The van der Waals surface area contributed by atoms with Crippen LogP contribution in [0.25, 0.3) is 22.4 Å². The first-order valence-electron chi connectivity index (χ1n) is 11.6. The molecule has 9 heteroatoms. The molecule has 3 aromatic heterocycles. The molecule has 174 valence electrons. The molecule has 2 aliphatic rings. The number of fused-ring (bicyclic) bond motifs is 1. The van der Waals surface area contributed by atoms with Crippen molar-refractivity contribution in [2.45, 2.75) is 63.7 Å². The van der Waals surface area contributed by atoms with Crippen LogP contribution < -0.4 is 0 Å². The van der Waals surface area contributed by atoms with Crippen LogP contribution in [0.1, 0.15) is 67.8 Å². The molecule has 1 aromatic carbocycles. The number of halogens is 2. The van der Waals surface area contributed by atoms with E-state index in [4.69, 9.17) is 14.7 Å². The molecule has 3 atom stereocenters. The van der Waals surface area contributed by atoms with E-state index >= 15 is 0 Å². The molecule has 1 saturated carbocycles. The number of benzene rings is 1. The molecule has 0 bridgehead atoms. The topological polar surface area (TPSA) is 78.6 Å². The van der Waals surface area contributed by atoms with Gasteiger partial charge in [0.1, 0.15) is 28.7 Å². The van der Waals surface area contributed by atoms with Crippen molar-refractivity contribution < 1.29 is 13.5 Å². The Balaban J connectivity index is 1.41. The fourth-order valence-electron chi connectivity index (χ4n) is 4.69. The van der Waals surface area contributed by atoms with Crippen molar-refractivity contribution in [1.29, 1.82) is 0 Å². The summed E-state index contributed by atoms with van der Waals surface area (Å²) in [7, 11) is 0. The lowest BCUT2D eigenvalue weighted by atomic mass is 9.89. The molecule has 0 unspecified atom stereocenters. The third-order valence-electron chi connectivity index (χ3n) is 6.52. The Morgan fingerprint density at radius 3 is 2.71 bits per heavy atom.